The number of thiol groups is 2. The molecule has 0 heterocycles. The molecule has 2 rings (SSSR count). The molecular weight excluding hydrogens is 664 g/mol. The number of nitrogens with two attached hydrogens (primary N) is 1. The average molecular weight is 698 g/mol. The molecule has 0 amide bonds. The van der Waals surface area contributed by atoms with Crippen LogP contribution < -0.4 is 40.2 Å². The number of benzene rings is 2. The number of hydrogen-bond acceptors (Lipinski definition) is 4. The quantitative estimate of drug-likeness (QED) is 0.183. The van der Waals surface area contributed by atoms with Crippen molar-refractivity contribution in [1.82, 2.24) is 4.90 Å². The molecule has 12 heteroatoms. The molecule has 0 radical (unpaired) electrons. The van der Waals surface area contributed by atoms with Gasteiger partial charge >= 0.3 is 68.5 Å². The van der Waals surface area contributed by atoms with E-state index in [-0.39, 0.29) is 68.5 Å². The van der Waals surface area contributed by atoms with Crippen molar-refractivity contribution in [2.24, 2.45) is 5.73 Å². The third-order valence-electron chi connectivity index (χ3n) is 3.98. The van der Waals surface area contributed by atoms with E-state index in [2.05, 4.69) is 74.4 Å². The van der Waals surface area contributed by atoms with Crippen molar-refractivity contribution < 1.29 is 68.5 Å². The fourth-order valence-corrected chi connectivity index (χ4v) is 3.65. The first-order chi connectivity index (χ1) is 15.1. The number of thiocarbonyl (C=S) groups is 3. The first kappa shape index (κ1) is 43.5. The Balaban J connectivity index is -0.000000211. The Morgan fingerprint density at radius 3 is 1.77 bits per heavy atom. The maximum absolute atomic E-state index is 5.44. The molecule has 2 aromatic carbocycles. The van der Waals surface area contributed by atoms with Crippen LogP contribution in [0.3, 0.4) is 0 Å². The Kier molecular flexibility index (Phi) is 33.5. The number of nitrogens with zero attached hydrogens (tertiary/aromatic N) is 2. The summed E-state index contributed by atoms with van der Waals surface area (Å²) in [6, 6.07) is 18.3. The average Bonchev–Trinajstić information content (AvgIpc) is 2.75. The van der Waals surface area contributed by atoms with Crippen LogP contribution in [0.25, 0.3) is 0 Å². The van der Waals surface area contributed by atoms with Crippen LogP contribution >= 0.6 is 73.7 Å². The Morgan fingerprint density at radius 2 is 1.37 bits per heavy atom. The number of hydrogen-bond donors (Lipinski definition) is 3. The van der Waals surface area contributed by atoms with E-state index in [9.17, 15) is 0 Å². The Bertz CT molecular complexity index is 845. The van der Waals surface area contributed by atoms with Gasteiger partial charge in [0.15, 0.2) is 0 Å². The number of anilines is 1. The van der Waals surface area contributed by atoms with Crippen molar-refractivity contribution in [1.29, 1.82) is 0 Å². The zero-order valence-corrected chi connectivity index (χ0v) is 34.4. The second-order valence-corrected chi connectivity index (χ2v) is 10.7. The fraction of sp³-hybridized carbons (Fsp3) is 0.348. The van der Waals surface area contributed by atoms with Crippen molar-refractivity contribution in [3.8, 4) is 0 Å². The van der Waals surface area contributed by atoms with Gasteiger partial charge in [0.1, 0.15) is 13.0 Å². The molecule has 0 aromatic heterocycles. The fourth-order valence-electron chi connectivity index (χ4n) is 2.26. The van der Waals surface area contributed by atoms with E-state index in [1.165, 1.54) is 28.6 Å². The minimum Gasteiger partial charge on any atom is -0.384 e. The third-order valence-corrected chi connectivity index (χ3v) is 6.28. The van der Waals surface area contributed by atoms with E-state index in [4.69, 9.17) is 30.2 Å². The number of para-hydroxylation sites is 1. The summed E-state index contributed by atoms with van der Waals surface area (Å²) in [6.45, 7) is 5.24. The van der Waals surface area contributed by atoms with E-state index in [0.29, 0.717) is 13.0 Å². The van der Waals surface area contributed by atoms with E-state index < -0.39 is 0 Å². The molecule has 0 saturated heterocycles. The van der Waals surface area contributed by atoms with Crippen molar-refractivity contribution in [2.75, 3.05) is 25.5 Å². The molecule has 0 aliphatic carbocycles. The SMILES string of the molecule is CCCCN(C(=S)S)c1ccccc1.CCc1ccccc1SC(N)=S.CN(C)C(=S)S.[Na+].[Zn+2].[Zn+2]. The minimum atomic E-state index is 0. The summed E-state index contributed by atoms with van der Waals surface area (Å²) in [7, 11) is 3.71. The number of rotatable bonds is 6. The zero-order chi connectivity index (χ0) is 24.5. The van der Waals surface area contributed by atoms with E-state index in [1.807, 2.05) is 50.5 Å². The van der Waals surface area contributed by atoms with Crippen LogP contribution in [0.4, 0.5) is 5.69 Å². The van der Waals surface area contributed by atoms with Crippen LogP contribution in [-0.4, -0.2) is 38.5 Å². The predicted molar refractivity (Wildman–Crippen MR) is 164 cm³/mol. The van der Waals surface area contributed by atoms with E-state index in [0.717, 1.165) is 25.1 Å². The minimum absolute atomic E-state index is 0. The molecule has 2 aromatic rings. The summed E-state index contributed by atoms with van der Waals surface area (Å²) >= 11 is 24.1. The summed E-state index contributed by atoms with van der Waals surface area (Å²) in [5, 5.41) is 0. The molecule has 0 atom stereocenters. The van der Waals surface area contributed by atoms with Gasteiger partial charge in [0.05, 0.1) is 0 Å². The monoisotopic (exact) mass is 694 g/mol. The van der Waals surface area contributed by atoms with E-state index >= 15 is 0 Å². The summed E-state index contributed by atoms with van der Waals surface area (Å²) in [6.07, 6.45) is 3.32. The van der Waals surface area contributed by atoms with Crippen LogP contribution in [0.1, 0.15) is 32.3 Å². The van der Waals surface area contributed by atoms with E-state index in [1.54, 1.807) is 4.90 Å². The molecule has 0 aliphatic heterocycles. The zero-order valence-electron chi connectivity index (χ0n) is 21.4. The van der Waals surface area contributed by atoms with Crippen LogP contribution in [0.15, 0.2) is 59.5 Å². The van der Waals surface area contributed by atoms with Gasteiger partial charge in [-0.3, -0.25) is 0 Å². The molecule has 0 spiro atoms. The van der Waals surface area contributed by atoms with Crippen molar-refractivity contribution in [3.63, 3.8) is 0 Å². The van der Waals surface area contributed by atoms with Gasteiger partial charge in [-0.05, 0) is 36.6 Å². The number of unbranched alkanes of at least 4 members (excludes halogenated alkanes) is 1. The first-order valence-electron chi connectivity index (χ1n) is 10.1. The molecule has 3 nitrogen and oxygen atoms in total. The second-order valence-electron chi connectivity index (χ2n) is 6.68. The molecule has 0 saturated carbocycles. The second kappa shape index (κ2) is 27.0. The Labute approximate surface area is 291 Å². The van der Waals surface area contributed by atoms with Crippen LogP contribution in [0.2, 0.25) is 0 Å². The molecule has 0 bridgehead atoms. The van der Waals surface area contributed by atoms with Crippen molar-refractivity contribution >= 4 is 92.3 Å². The van der Waals surface area contributed by atoms with Gasteiger partial charge in [-0.15, -0.1) is 25.3 Å². The molecule has 176 valence electrons. The maximum atomic E-state index is 5.44. The van der Waals surface area contributed by atoms with Gasteiger partial charge in [-0.1, -0.05) is 105 Å². The van der Waals surface area contributed by atoms with Gasteiger partial charge in [0, 0.05) is 31.2 Å². The van der Waals surface area contributed by atoms with Crippen LogP contribution in [0.5, 0.6) is 0 Å². The largest absolute Gasteiger partial charge is 2.00 e. The Hall–Kier alpha value is 1.41. The molecule has 2 N–H and O–H groups in total. The van der Waals surface area contributed by atoms with Crippen molar-refractivity contribution in [3.05, 3.63) is 60.2 Å². The topological polar surface area (TPSA) is 32.5 Å². The molecule has 0 unspecified atom stereocenters. The van der Waals surface area contributed by atoms with Gasteiger partial charge in [-0.25, -0.2) is 0 Å². The standard InChI is InChI=1S/C11H15NS2.C9H11NS2.C3H7NS2.Na.2Zn/c1-2-3-9-12(11(13)14)10-7-5-4-6-8-10;1-2-7-5-3-4-6-8(7)12-9(10)11;1-4(2)3(5)6;;;/h4-8H,2-3,9H2,1H3,(H,13,14);3-6H,2H2,1H3,(H2,10,11);1-2H3,(H,5,6);;;/q;;;+1;2*+2. The number of thioether (sulfide) groups is 1. The van der Waals surface area contributed by atoms with Crippen LogP contribution in [-0.2, 0) is 45.4 Å². The maximum Gasteiger partial charge on any atom is 2.00 e. The summed E-state index contributed by atoms with van der Waals surface area (Å²) in [5.74, 6) is 0. The van der Waals surface area contributed by atoms with Gasteiger partial charge in [0.2, 0.25) is 0 Å². The van der Waals surface area contributed by atoms with Gasteiger partial charge < -0.3 is 15.5 Å². The third kappa shape index (κ3) is 22.0. The Morgan fingerprint density at radius 1 is 0.886 bits per heavy atom. The normalized spacial score (nSPS) is 8.63. The van der Waals surface area contributed by atoms with Crippen molar-refractivity contribution in [2.45, 2.75) is 38.0 Å². The molecule has 0 aliphatic rings. The number of aryl methyl sites for hydroxylation is 1. The van der Waals surface area contributed by atoms with Crippen LogP contribution in [0, 0.1) is 0 Å². The summed E-state index contributed by atoms with van der Waals surface area (Å²) < 4.78 is 1.75. The first-order valence-corrected chi connectivity index (χ1v) is 13.1. The van der Waals surface area contributed by atoms with Gasteiger partial charge in [0.25, 0.3) is 0 Å². The molecular formula is C23H33N3NaS6Zn2+5. The summed E-state index contributed by atoms with van der Waals surface area (Å²) in [5.41, 5.74) is 7.87. The van der Waals surface area contributed by atoms with Gasteiger partial charge in [-0.2, -0.15) is 0 Å². The summed E-state index contributed by atoms with van der Waals surface area (Å²) in [4.78, 5) is 4.99. The molecule has 0 fully saturated rings. The predicted octanol–water partition coefficient (Wildman–Crippen LogP) is 3.85. The smallest absolute Gasteiger partial charge is 0.384 e. The molecule has 35 heavy (non-hydrogen) atoms.